The number of carbonyl (C=O) groups is 1. The van der Waals surface area contributed by atoms with Crippen molar-refractivity contribution in [1.29, 1.82) is 5.26 Å². The van der Waals surface area contributed by atoms with Crippen LogP contribution in [0.5, 0.6) is 5.75 Å². The first-order valence-electron chi connectivity index (χ1n) is 6.53. The first-order valence-corrected chi connectivity index (χ1v) is 6.53. The third kappa shape index (κ3) is 3.98. The number of ether oxygens (including phenoxy) is 1. The van der Waals surface area contributed by atoms with Gasteiger partial charge in [0.05, 0.1) is 23.9 Å². The molecule has 2 aromatic rings. The number of anilines is 2. The molecule has 5 nitrogen and oxygen atoms in total. The van der Waals surface area contributed by atoms with Crippen LogP contribution in [0.1, 0.15) is 12.5 Å². The number of hydrogen-bond donors (Lipinski definition) is 2. The molecular weight excluding hydrogens is 266 g/mol. The van der Waals surface area contributed by atoms with Crippen LogP contribution < -0.4 is 15.4 Å². The molecule has 0 bridgehead atoms. The topological polar surface area (TPSA) is 74.2 Å². The van der Waals surface area contributed by atoms with Crippen molar-refractivity contribution in [2.75, 3.05) is 17.2 Å². The minimum Gasteiger partial charge on any atom is -0.492 e. The normalized spacial score (nSPS) is 9.52. The maximum Gasteiger partial charge on any atom is 0.323 e. The van der Waals surface area contributed by atoms with Crippen LogP contribution in [0, 0.1) is 11.3 Å². The summed E-state index contributed by atoms with van der Waals surface area (Å²) in [5.74, 6) is 0.612. The minimum absolute atomic E-state index is 0.391. The highest BCUT2D eigenvalue weighted by atomic mass is 16.5. The van der Waals surface area contributed by atoms with Gasteiger partial charge in [0.25, 0.3) is 0 Å². The van der Waals surface area contributed by atoms with Crippen LogP contribution in [-0.2, 0) is 0 Å². The molecule has 2 rings (SSSR count). The van der Waals surface area contributed by atoms with Gasteiger partial charge in [0.2, 0.25) is 0 Å². The Kier molecular flexibility index (Phi) is 4.78. The molecule has 0 fully saturated rings. The van der Waals surface area contributed by atoms with E-state index >= 15 is 0 Å². The van der Waals surface area contributed by atoms with E-state index in [0.29, 0.717) is 29.3 Å². The number of nitrogens with zero attached hydrogens (tertiary/aromatic N) is 1. The molecule has 2 aromatic carbocycles. The summed E-state index contributed by atoms with van der Waals surface area (Å²) in [6, 6.07) is 15.5. The molecule has 0 heterocycles. The largest absolute Gasteiger partial charge is 0.492 e. The Morgan fingerprint density at radius 3 is 2.76 bits per heavy atom. The Labute approximate surface area is 123 Å². The molecule has 21 heavy (non-hydrogen) atoms. The third-order valence-corrected chi connectivity index (χ3v) is 2.68. The van der Waals surface area contributed by atoms with Gasteiger partial charge in [-0.05, 0) is 37.3 Å². The molecule has 2 N–H and O–H groups in total. The van der Waals surface area contributed by atoms with E-state index in [-0.39, 0.29) is 0 Å². The first-order chi connectivity index (χ1) is 10.2. The van der Waals surface area contributed by atoms with Crippen molar-refractivity contribution in [2.24, 2.45) is 0 Å². The van der Waals surface area contributed by atoms with E-state index in [1.807, 2.05) is 25.1 Å². The average molecular weight is 281 g/mol. The van der Waals surface area contributed by atoms with E-state index in [1.54, 1.807) is 36.4 Å². The molecule has 0 aliphatic heterocycles. The minimum atomic E-state index is -0.391. The molecular formula is C16H15N3O2. The summed E-state index contributed by atoms with van der Waals surface area (Å²) in [5, 5.41) is 14.2. The molecule has 0 spiro atoms. The summed E-state index contributed by atoms with van der Waals surface area (Å²) in [6.07, 6.45) is 0. The molecule has 106 valence electrons. The van der Waals surface area contributed by atoms with Gasteiger partial charge in [0, 0.05) is 5.69 Å². The molecule has 0 radical (unpaired) electrons. The smallest absolute Gasteiger partial charge is 0.323 e. The zero-order valence-electron chi connectivity index (χ0n) is 11.6. The summed E-state index contributed by atoms with van der Waals surface area (Å²) in [7, 11) is 0. The van der Waals surface area contributed by atoms with Crippen LogP contribution in [0.4, 0.5) is 16.2 Å². The van der Waals surface area contributed by atoms with Gasteiger partial charge >= 0.3 is 6.03 Å². The Morgan fingerprint density at radius 2 is 2.00 bits per heavy atom. The lowest BCUT2D eigenvalue weighted by atomic mass is 10.2. The SMILES string of the molecule is CCOc1ccccc1NC(=O)Nc1cccc(C#N)c1. The lowest BCUT2D eigenvalue weighted by Gasteiger charge is -2.12. The van der Waals surface area contributed by atoms with Crippen molar-refractivity contribution >= 4 is 17.4 Å². The number of nitrogens with one attached hydrogen (secondary N) is 2. The van der Waals surface area contributed by atoms with Gasteiger partial charge in [0.1, 0.15) is 5.75 Å². The van der Waals surface area contributed by atoms with E-state index in [4.69, 9.17) is 10.00 Å². The van der Waals surface area contributed by atoms with Gasteiger partial charge in [-0.2, -0.15) is 5.26 Å². The number of benzene rings is 2. The Hall–Kier alpha value is -3.00. The van der Waals surface area contributed by atoms with Crippen LogP contribution >= 0.6 is 0 Å². The number of rotatable bonds is 4. The van der Waals surface area contributed by atoms with Gasteiger partial charge < -0.3 is 15.4 Å². The molecule has 2 amide bonds. The number of amides is 2. The van der Waals surface area contributed by atoms with E-state index < -0.39 is 6.03 Å². The van der Waals surface area contributed by atoms with Crippen LogP contribution in [0.15, 0.2) is 48.5 Å². The molecule has 0 aliphatic carbocycles. The van der Waals surface area contributed by atoms with E-state index in [2.05, 4.69) is 10.6 Å². The highest BCUT2D eigenvalue weighted by Crippen LogP contribution is 2.23. The maximum atomic E-state index is 12.0. The van der Waals surface area contributed by atoms with Crippen molar-refractivity contribution in [2.45, 2.75) is 6.92 Å². The van der Waals surface area contributed by atoms with Crippen LogP contribution in [0.3, 0.4) is 0 Å². The standard InChI is InChI=1S/C16H15N3O2/c1-2-21-15-9-4-3-8-14(15)19-16(20)18-13-7-5-6-12(10-13)11-17/h3-10H,2H2,1H3,(H2,18,19,20). The average Bonchev–Trinajstić information content (AvgIpc) is 2.49. The lowest BCUT2D eigenvalue weighted by Crippen LogP contribution is -2.19. The number of carbonyl (C=O) groups excluding carboxylic acids is 1. The highest BCUT2D eigenvalue weighted by molar-refractivity contribution is 6.00. The second-order valence-electron chi connectivity index (χ2n) is 4.20. The lowest BCUT2D eigenvalue weighted by molar-refractivity contribution is 0.262. The predicted molar refractivity (Wildman–Crippen MR) is 81.4 cm³/mol. The molecule has 0 atom stereocenters. The summed E-state index contributed by atoms with van der Waals surface area (Å²) in [4.78, 5) is 12.0. The second kappa shape index (κ2) is 6.96. The monoisotopic (exact) mass is 281 g/mol. The fourth-order valence-electron chi connectivity index (χ4n) is 1.80. The van der Waals surface area contributed by atoms with Crippen LogP contribution in [0.25, 0.3) is 0 Å². The second-order valence-corrected chi connectivity index (χ2v) is 4.20. The van der Waals surface area contributed by atoms with E-state index in [0.717, 1.165) is 0 Å². The van der Waals surface area contributed by atoms with Crippen molar-refractivity contribution in [3.8, 4) is 11.8 Å². The highest BCUT2D eigenvalue weighted by Gasteiger charge is 2.07. The number of nitriles is 1. The van der Waals surface area contributed by atoms with Gasteiger partial charge in [-0.1, -0.05) is 18.2 Å². The van der Waals surface area contributed by atoms with E-state index in [1.165, 1.54) is 0 Å². The molecule has 0 aliphatic rings. The molecule has 0 unspecified atom stereocenters. The van der Waals surface area contributed by atoms with Crippen LogP contribution in [-0.4, -0.2) is 12.6 Å². The molecule has 0 saturated heterocycles. The summed E-state index contributed by atoms with van der Waals surface area (Å²) >= 11 is 0. The first kappa shape index (κ1) is 14.4. The summed E-state index contributed by atoms with van der Waals surface area (Å²) in [6.45, 7) is 2.40. The number of hydrogen-bond acceptors (Lipinski definition) is 3. The predicted octanol–water partition coefficient (Wildman–Crippen LogP) is 3.60. The van der Waals surface area contributed by atoms with Crippen LogP contribution in [0.2, 0.25) is 0 Å². The van der Waals surface area contributed by atoms with Crippen molar-refractivity contribution in [3.63, 3.8) is 0 Å². The zero-order valence-corrected chi connectivity index (χ0v) is 11.6. The molecule has 0 aromatic heterocycles. The molecule has 5 heteroatoms. The van der Waals surface area contributed by atoms with Crippen molar-refractivity contribution in [1.82, 2.24) is 0 Å². The Balaban J connectivity index is 2.06. The van der Waals surface area contributed by atoms with Gasteiger partial charge in [-0.3, -0.25) is 0 Å². The Bertz CT molecular complexity index is 677. The van der Waals surface area contributed by atoms with E-state index in [9.17, 15) is 4.79 Å². The quantitative estimate of drug-likeness (QED) is 0.899. The number of para-hydroxylation sites is 2. The van der Waals surface area contributed by atoms with Gasteiger partial charge in [-0.15, -0.1) is 0 Å². The van der Waals surface area contributed by atoms with Crippen molar-refractivity contribution in [3.05, 3.63) is 54.1 Å². The summed E-state index contributed by atoms with van der Waals surface area (Å²) in [5.41, 5.74) is 1.64. The fourth-order valence-corrected chi connectivity index (χ4v) is 1.80. The maximum absolute atomic E-state index is 12.0. The number of urea groups is 1. The van der Waals surface area contributed by atoms with Crippen molar-refractivity contribution < 1.29 is 9.53 Å². The molecule has 0 saturated carbocycles. The summed E-state index contributed by atoms with van der Waals surface area (Å²) < 4.78 is 5.44. The van der Waals surface area contributed by atoms with Gasteiger partial charge in [-0.25, -0.2) is 4.79 Å². The zero-order chi connectivity index (χ0) is 15.1. The fraction of sp³-hybridized carbons (Fsp3) is 0.125. The third-order valence-electron chi connectivity index (χ3n) is 2.68. The Morgan fingerprint density at radius 1 is 1.19 bits per heavy atom. The van der Waals surface area contributed by atoms with Gasteiger partial charge in [0.15, 0.2) is 0 Å².